The number of hydrogen-bond acceptors (Lipinski definition) is 2. The molecule has 0 spiro atoms. The molecule has 0 aliphatic carbocycles. The number of thiophene rings is 1. The van der Waals surface area contributed by atoms with Crippen LogP contribution in [0.25, 0.3) is 6.08 Å². The molecular formula is C7H5ClO2S. The van der Waals surface area contributed by atoms with Gasteiger partial charge in [-0.1, -0.05) is 11.6 Å². The molecule has 0 aromatic carbocycles. The van der Waals surface area contributed by atoms with Crippen molar-refractivity contribution in [3.05, 3.63) is 27.4 Å². The van der Waals surface area contributed by atoms with Crippen LogP contribution in [-0.2, 0) is 4.79 Å². The lowest BCUT2D eigenvalue weighted by Gasteiger charge is -1.79. The second kappa shape index (κ2) is 3.55. The number of hydrogen-bond donors (Lipinski definition) is 1. The zero-order valence-corrected chi connectivity index (χ0v) is 7.02. The molecule has 0 radical (unpaired) electrons. The fraction of sp³-hybridized carbons (Fsp3) is 0. The van der Waals surface area contributed by atoms with Crippen LogP contribution in [0.15, 0.2) is 17.5 Å². The summed E-state index contributed by atoms with van der Waals surface area (Å²) in [4.78, 5) is 10.1. The highest BCUT2D eigenvalue weighted by atomic mass is 35.5. The van der Waals surface area contributed by atoms with Crippen LogP contribution in [0.3, 0.4) is 0 Å². The average Bonchev–Trinajstić information content (AvgIpc) is 2.31. The number of rotatable bonds is 2. The van der Waals surface area contributed by atoms with Gasteiger partial charge in [-0.2, -0.15) is 0 Å². The Morgan fingerprint density at radius 2 is 2.45 bits per heavy atom. The van der Waals surface area contributed by atoms with E-state index in [1.54, 1.807) is 11.4 Å². The van der Waals surface area contributed by atoms with Gasteiger partial charge >= 0.3 is 5.97 Å². The van der Waals surface area contributed by atoms with E-state index < -0.39 is 5.97 Å². The highest BCUT2D eigenvalue weighted by molar-refractivity contribution is 7.14. The molecule has 11 heavy (non-hydrogen) atoms. The molecule has 4 heteroatoms. The maximum atomic E-state index is 10.1. The third-order valence-electron chi connectivity index (χ3n) is 1.01. The van der Waals surface area contributed by atoms with Gasteiger partial charge in [0.15, 0.2) is 0 Å². The molecule has 58 valence electrons. The molecule has 2 nitrogen and oxygen atoms in total. The van der Waals surface area contributed by atoms with Crippen molar-refractivity contribution in [2.24, 2.45) is 0 Å². The summed E-state index contributed by atoms with van der Waals surface area (Å²) in [7, 11) is 0. The van der Waals surface area contributed by atoms with Crippen molar-refractivity contribution in [1.29, 1.82) is 0 Å². The number of aliphatic carboxylic acids is 1. The SMILES string of the molecule is O=C(O)/C=C/c1csc(Cl)c1. The second-order valence-corrected chi connectivity index (χ2v) is 3.40. The Kier molecular flexibility index (Phi) is 2.68. The Morgan fingerprint density at radius 1 is 1.73 bits per heavy atom. The van der Waals surface area contributed by atoms with E-state index >= 15 is 0 Å². The molecule has 0 aliphatic heterocycles. The lowest BCUT2D eigenvalue weighted by atomic mass is 10.3. The number of halogens is 1. The van der Waals surface area contributed by atoms with Crippen molar-refractivity contribution in [2.45, 2.75) is 0 Å². The van der Waals surface area contributed by atoms with Gasteiger partial charge < -0.3 is 5.11 Å². The van der Waals surface area contributed by atoms with Gasteiger partial charge in [-0.15, -0.1) is 11.3 Å². The predicted octanol–water partition coefficient (Wildman–Crippen LogP) is 2.50. The minimum Gasteiger partial charge on any atom is -0.478 e. The molecule has 0 amide bonds. The normalized spacial score (nSPS) is 10.6. The Hall–Kier alpha value is -0.800. The van der Waals surface area contributed by atoms with Crippen LogP contribution >= 0.6 is 22.9 Å². The standard InChI is InChI=1S/C7H5ClO2S/c8-6-3-5(4-11-6)1-2-7(9)10/h1-4H,(H,9,10)/b2-1+. The molecule has 0 fully saturated rings. The molecule has 0 saturated heterocycles. The van der Waals surface area contributed by atoms with Gasteiger partial charge in [0.1, 0.15) is 0 Å². The smallest absolute Gasteiger partial charge is 0.328 e. The Morgan fingerprint density at radius 3 is 2.91 bits per heavy atom. The van der Waals surface area contributed by atoms with Crippen LogP contribution in [0.2, 0.25) is 4.34 Å². The van der Waals surface area contributed by atoms with Gasteiger partial charge in [0.2, 0.25) is 0 Å². The maximum absolute atomic E-state index is 10.1. The summed E-state index contributed by atoms with van der Waals surface area (Å²) in [5, 5.41) is 10.1. The summed E-state index contributed by atoms with van der Waals surface area (Å²) in [6, 6.07) is 1.71. The molecule has 1 aromatic rings. The Balaban J connectivity index is 2.71. The van der Waals surface area contributed by atoms with Crippen molar-refractivity contribution in [1.82, 2.24) is 0 Å². The highest BCUT2D eigenvalue weighted by Gasteiger charge is 1.93. The summed E-state index contributed by atoms with van der Waals surface area (Å²) >= 11 is 6.99. The monoisotopic (exact) mass is 188 g/mol. The van der Waals surface area contributed by atoms with Crippen molar-refractivity contribution >= 4 is 35.0 Å². The van der Waals surface area contributed by atoms with Gasteiger partial charge in [0, 0.05) is 6.08 Å². The molecule has 0 atom stereocenters. The van der Waals surface area contributed by atoms with E-state index in [1.807, 2.05) is 0 Å². The minimum absolute atomic E-state index is 0.662. The zero-order valence-electron chi connectivity index (χ0n) is 5.45. The molecular weight excluding hydrogens is 184 g/mol. The van der Waals surface area contributed by atoms with E-state index in [9.17, 15) is 4.79 Å². The third kappa shape index (κ3) is 2.74. The fourth-order valence-electron chi connectivity index (χ4n) is 0.578. The topological polar surface area (TPSA) is 37.3 Å². The Labute approximate surface area is 72.7 Å². The molecule has 0 saturated carbocycles. The first-order valence-electron chi connectivity index (χ1n) is 2.83. The van der Waals surface area contributed by atoms with Crippen LogP contribution in [-0.4, -0.2) is 11.1 Å². The lowest BCUT2D eigenvalue weighted by molar-refractivity contribution is -0.131. The lowest BCUT2D eigenvalue weighted by Crippen LogP contribution is -1.84. The van der Waals surface area contributed by atoms with Gasteiger partial charge in [-0.25, -0.2) is 4.79 Å². The molecule has 0 bridgehead atoms. The largest absolute Gasteiger partial charge is 0.478 e. The third-order valence-corrected chi connectivity index (χ3v) is 2.12. The second-order valence-electron chi connectivity index (χ2n) is 1.86. The maximum Gasteiger partial charge on any atom is 0.328 e. The number of carboxylic acid groups (broad SMARTS) is 1. The van der Waals surface area contributed by atoms with E-state index in [0.29, 0.717) is 4.34 Å². The van der Waals surface area contributed by atoms with Crippen molar-refractivity contribution in [2.75, 3.05) is 0 Å². The van der Waals surface area contributed by atoms with Gasteiger partial charge in [-0.3, -0.25) is 0 Å². The molecule has 0 unspecified atom stereocenters. The zero-order chi connectivity index (χ0) is 8.27. The molecule has 0 aliphatic rings. The first-order valence-corrected chi connectivity index (χ1v) is 4.09. The average molecular weight is 189 g/mol. The molecule has 1 heterocycles. The van der Waals surface area contributed by atoms with Crippen LogP contribution in [0.5, 0.6) is 0 Å². The number of carboxylic acids is 1. The van der Waals surface area contributed by atoms with Gasteiger partial charge in [0.05, 0.1) is 4.34 Å². The van der Waals surface area contributed by atoms with E-state index in [2.05, 4.69) is 0 Å². The predicted molar refractivity (Wildman–Crippen MR) is 46.0 cm³/mol. The molecule has 1 N–H and O–H groups in total. The summed E-state index contributed by atoms with van der Waals surface area (Å²) in [5.41, 5.74) is 0.822. The quantitative estimate of drug-likeness (QED) is 0.725. The van der Waals surface area contributed by atoms with Crippen LogP contribution in [0.1, 0.15) is 5.56 Å². The van der Waals surface area contributed by atoms with Crippen LogP contribution < -0.4 is 0 Å². The van der Waals surface area contributed by atoms with Crippen molar-refractivity contribution in [3.63, 3.8) is 0 Å². The number of carbonyl (C=O) groups is 1. The first kappa shape index (κ1) is 8.30. The van der Waals surface area contributed by atoms with Crippen LogP contribution in [0.4, 0.5) is 0 Å². The van der Waals surface area contributed by atoms with E-state index in [1.165, 1.54) is 17.4 Å². The summed E-state index contributed by atoms with van der Waals surface area (Å²) in [6.07, 6.45) is 2.59. The van der Waals surface area contributed by atoms with Gasteiger partial charge in [0.25, 0.3) is 0 Å². The van der Waals surface area contributed by atoms with Crippen molar-refractivity contribution < 1.29 is 9.90 Å². The Bertz CT molecular complexity index is 290. The molecule has 1 aromatic heterocycles. The highest BCUT2D eigenvalue weighted by Crippen LogP contribution is 2.20. The summed E-state index contributed by atoms with van der Waals surface area (Å²) in [6.45, 7) is 0. The summed E-state index contributed by atoms with van der Waals surface area (Å²) in [5.74, 6) is -0.952. The first-order chi connectivity index (χ1) is 5.18. The minimum atomic E-state index is -0.952. The van der Waals surface area contributed by atoms with Crippen LogP contribution in [0, 0.1) is 0 Å². The fourth-order valence-corrected chi connectivity index (χ4v) is 1.44. The summed E-state index contributed by atoms with van der Waals surface area (Å²) < 4.78 is 0.662. The van der Waals surface area contributed by atoms with E-state index in [4.69, 9.17) is 16.7 Å². The van der Waals surface area contributed by atoms with Crippen molar-refractivity contribution in [3.8, 4) is 0 Å². The molecule has 1 rings (SSSR count). The van der Waals surface area contributed by atoms with Gasteiger partial charge in [-0.05, 0) is 23.1 Å². The van der Waals surface area contributed by atoms with E-state index in [-0.39, 0.29) is 0 Å². The van der Waals surface area contributed by atoms with E-state index in [0.717, 1.165) is 11.6 Å².